The zero-order chi connectivity index (χ0) is 19.9. The average molecular weight is 383 g/mol. The Labute approximate surface area is 164 Å². The number of aryl methyl sites for hydroxylation is 1. The fourth-order valence-corrected chi connectivity index (χ4v) is 3.26. The molecule has 3 amide bonds. The van der Waals surface area contributed by atoms with Crippen LogP contribution in [0.25, 0.3) is 0 Å². The maximum Gasteiger partial charge on any atom is 0.287 e. The summed E-state index contributed by atoms with van der Waals surface area (Å²) in [6, 6.07) is 10.7. The van der Waals surface area contributed by atoms with Gasteiger partial charge in [0.2, 0.25) is 5.91 Å². The van der Waals surface area contributed by atoms with Gasteiger partial charge in [-0.25, -0.2) is 0 Å². The van der Waals surface area contributed by atoms with E-state index in [1.165, 1.54) is 6.26 Å². The van der Waals surface area contributed by atoms with E-state index in [2.05, 4.69) is 10.6 Å². The minimum absolute atomic E-state index is 0.0139. The van der Waals surface area contributed by atoms with E-state index >= 15 is 0 Å². The van der Waals surface area contributed by atoms with E-state index in [-0.39, 0.29) is 30.2 Å². The van der Waals surface area contributed by atoms with Gasteiger partial charge in [0.05, 0.1) is 6.26 Å². The number of hydrogen-bond acceptors (Lipinski definition) is 4. The van der Waals surface area contributed by atoms with Crippen LogP contribution in [0, 0.1) is 6.92 Å². The van der Waals surface area contributed by atoms with Crippen LogP contribution < -0.4 is 10.6 Å². The average Bonchev–Trinajstić information content (AvgIpc) is 3.15. The van der Waals surface area contributed by atoms with Crippen LogP contribution in [0.3, 0.4) is 0 Å². The molecule has 1 aromatic carbocycles. The Morgan fingerprint density at radius 3 is 2.43 bits per heavy atom. The molecule has 7 nitrogen and oxygen atoms in total. The molecule has 7 heteroatoms. The number of amides is 3. The lowest BCUT2D eigenvalue weighted by Crippen LogP contribution is -2.47. The largest absolute Gasteiger partial charge is 0.459 e. The summed E-state index contributed by atoms with van der Waals surface area (Å²) in [5.74, 6) is -0.0355. The number of nitrogens with one attached hydrogen (secondary N) is 2. The minimum atomic E-state index is -0.212. The first-order valence-corrected chi connectivity index (χ1v) is 9.50. The van der Waals surface area contributed by atoms with Crippen LogP contribution in [0.1, 0.15) is 45.7 Å². The Balaban J connectivity index is 1.37. The molecule has 0 spiro atoms. The zero-order valence-electron chi connectivity index (χ0n) is 15.9. The van der Waals surface area contributed by atoms with Crippen LogP contribution in [0.2, 0.25) is 0 Å². The van der Waals surface area contributed by atoms with Crippen LogP contribution in [0.5, 0.6) is 0 Å². The smallest absolute Gasteiger partial charge is 0.287 e. The summed E-state index contributed by atoms with van der Waals surface area (Å²) in [5.41, 5.74) is 1.39. The number of carbonyl (C=O) groups excluding carboxylic acids is 3. The zero-order valence-corrected chi connectivity index (χ0v) is 15.9. The highest BCUT2D eigenvalue weighted by molar-refractivity contribution is 5.94. The van der Waals surface area contributed by atoms with Gasteiger partial charge < -0.3 is 20.0 Å². The normalized spacial score (nSPS) is 14.5. The van der Waals surface area contributed by atoms with Crippen molar-refractivity contribution in [2.45, 2.75) is 32.2 Å². The first kappa shape index (κ1) is 19.7. The third-order valence-electron chi connectivity index (χ3n) is 4.91. The summed E-state index contributed by atoms with van der Waals surface area (Å²) in [7, 11) is 0. The molecule has 2 aromatic rings. The second kappa shape index (κ2) is 9.21. The molecule has 1 fully saturated rings. The standard InChI is InChI=1S/C21H25N3O4/c1-15-10-14-28-19(15)21(27)23-17-8-12-24(13-9-17)18(25)7-11-22-20(26)16-5-3-2-4-6-16/h2-6,10,14,17H,7-9,11-13H2,1H3,(H,22,26)(H,23,27). The van der Waals surface area contributed by atoms with E-state index < -0.39 is 0 Å². The molecule has 2 N–H and O–H groups in total. The van der Waals surface area contributed by atoms with Gasteiger partial charge in [-0.1, -0.05) is 18.2 Å². The van der Waals surface area contributed by atoms with E-state index in [0.29, 0.717) is 43.8 Å². The highest BCUT2D eigenvalue weighted by Crippen LogP contribution is 2.14. The summed E-state index contributed by atoms with van der Waals surface area (Å²) in [6.45, 7) is 3.32. The van der Waals surface area contributed by atoms with Crippen LogP contribution in [0.15, 0.2) is 47.1 Å². The van der Waals surface area contributed by atoms with E-state index in [9.17, 15) is 14.4 Å². The molecular weight excluding hydrogens is 358 g/mol. The van der Waals surface area contributed by atoms with Crippen molar-refractivity contribution < 1.29 is 18.8 Å². The highest BCUT2D eigenvalue weighted by atomic mass is 16.3. The van der Waals surface area contributed by atoms with Crippen LogP contribution in [-0.2, 0) is 4.79 Å². The summed E-state index contributed by atoms with van der Waals surface area (Å²) in [4.78, 5) is 38.3. The van der Waals surface area contributed by atoms with Crippen molar-refractivity contribution in [3.8, 4) is 0 Å². The lowest BCUT2D eigenvalue weighted by Gasteiger charge is -2.32. The number of furan rings is 1. The molecule has 0 aliphatic carbocycles. The molecule has 0 bridgehead atoms. The van der Waals surface area contributed by atoms with Crippen molar-refractivity contribution in [3.63, 3.8) is 0 Å². The topological polar surface area (TPSA) is 91.7 Å². The molecule has 0 saturated carbocycles. The fourth-order valence-electron chi connectivity index (χ4n) is 3.26. The van der Waals surface area contributed by atoms with Crippen molar-refractivity contribution in [1.82, 2.24) is 15.5 Å². The van der Waals surface area contributed by atoms with Gasteiger partial charge in [0.1, 0.15) is 0 Å². The van der Waals surface area contributed by atoms with Crippen molar-refractivity contribution in [2.24, 2.45) is 0 Å². The quantitative estimate of drug-likeness (QED) is 0.799. The Morgan fingerprint density at radius 2 is 1.79 bits per heavy atom. The predicted octanol–water partition coefficient (Wildman–Crippen LogP) is 2.13. The maximum atomic E-state index is 12.3. The van der Waals surface area contributed by atoms with Crippen molar-refractivity contribution in [2.75, 3.05) is 19.6 Å². The van der Waals surface area contributed by atoms with Gasteiger partial charge in [-0.3, -0.25) is 14.4 Å². The molecule has 0 radical (unpaired) electrons. The molecule has 0 unspecified atom stereocenters. The van der Waals surface area contributed by atoms with Crippen LogP contribution >= 0.6 is 0 Å². The highest BCUT2D eigenvalue weighted by Gasteiger charge is 2.25. The van der Waals surface area contributed by atoms with E-state index in [0.717, 1.165) is 5.56 Å². The summed E-state index contributed by atoms with van der Waals surface area (Å²) in [5, 5.41) is 5.74. The van der Waals surface area contributed by atoms with Gasteiger partial charge in [-0.2, -0.15) is 0 Å². The predicted molar refractivity (Wildman–Crippen MR) is 104 cm³/mol. The van der Waals surface area contributed by atoms with Crippen LogP contribution in [0.4, 0.5) is 0 Å². The summed E-state index contributed by atoms with van der Waals surface area (Å²) in [6.07, 6.45) is 3.17. The van der Waals surface area contributed by atoms with E-state index in [1.54, 1.807) is 35.2 Å². The molecule has 1 aliphatic rings. The number of nitrogens with zero attached hydrogens (tertiary/aromatic N) is 1. The molecule has 1 aliphatic heterocycles. The fraction of sp³-hybridized carbons (Fsp3) is 0.381. The number of hydrogen-bond donors (Lipinski definition) is 2. The Bertz CT molecular complexity index is 823. The minimum Gasteiger partial charge on any atom is -0.459 e. The summed E-state index contributed by atoms with van der Waals surface area (Å²) < 4.78 is 5.21. The van der Waals surface area contributed by atoms with E-state index in [4.69, 9.17) is 4.42 Å². The molecular formula is C21H25N3O4. The SMILES string of the molecule is Cc1ccoc1C(=O)NC1CCN(C(=O)CCNC(=O)c2ccccc2)CC1. The second-order valence-corrected chi connectivity index (χ2v) is 6.93. The third-order valence-corrected chi connectivity index (χ3v) is 4.91. The van der Waals surface area contributed by atoms with Gasteiger partial charge in [0.25, 0.3) is 11.8 Å². The number of carbonyl (C=O) groups is 3. The van der Waals surface area contributed by atoms with Gasteiger partial charge >= 0.3 is 0 Å². The summed E-state index contributed by atoms with van der Waals surface area (Å²) >= 11 is 0. The van der Waals surface area contributed by atoms with Crippen molar-refractivity contribution in [1.29, 1.82) is 0 Å². The Morgan fingerprint density at radius 1 is 1.07 bits per heavy atom. The monoisotopic (exact) mass is 383 g/mol. The van der Waals surface area contributed by atoms with Gasteiger partial charge in [-0.15, -0.1) is 0 Å². The molecule has 1 saturated heterocycles. The molecule has 148 valence electrons. The molecule has 2 heterocycles. The number of rotatable bonds is 6. The lowest BCUT2D eigenvalue weighted by molar-refractivity contribution is -0.132. The van der Waals surface area contributed by atoms with Gasteiger partial charge in [0.15, 0.2) is 5.76 Å². The second-order valence-electron chi connectivity index (χ2n) is 6.93. The van der Waals surface area contributed by atoms with Crippen molar-refractivity contribution in [3.05, 3.63) is 59.5 Å². The number of likely N-dealkylation sites (tertiary alicyclic amines) is 1. The Hall–Kier alpha value is -3.09. The molecule has 1 aromatic heterocycles. The first-order valence-electron chi connectivity index (χ1n) is 9.50. The number of benzene rings is 1. The van der Waals surface area contributed by atoms with E-state index in [1.807, 2.05) is 13.0 Å². The van der Waals surface area contributed by atoms with Crippen molar-refractivity contribution >= 4 is 17.7 Å². The number of piperidine rings is 1. The van der Waals surface area contributed by atoms with Gasteiger partial charge in [-0.05, 0) is 38.0 Å². The van der Waals surface area contributed by atoms with Gasteiger partial charge in [0, 0.05) is 43.2 Å². The first-order chi connectivity index (χ1) is 13.5. The maximum absolute atomic E-state index is 12.3. The molecule has 28 heavy (non-hydrogen) atoms. The third kappa shape index (κ3) is 5.00. The molecule has 0 atom stereocenters. The molecule has 3 rings (SSSR count). The Kier molecular flexibility index (Phi) is 6.47. The lowest BCUT2D eigenvalue weighted by atomic mass is 10.0. The van der Waals surface area contributed by atoms with Crippen LogP contribution in [-0.4, -0.2) is 48.3 Å².